The van der Waals surface area contributed by atoms with Crippen LogP contribution in [0.1, 0.15) is 0 Å². The summed E-state index contributed by atoms with van der Waals surface area (Å²) in [6.45, 7) is 0. The molecule has 2 rings (SSSR count). The highest BCUT2D eigenvalue weighted by atomic mass is 35.5. The van der Waals surface area contributed by atoms with Gasteiger partial charge in [0.2, 0.25) is 0 Å². The van der Waals surface area contributed by atoms with E-state index in [4.69, 9.17) is 17.3 Å². The number of hydrogen-bond acceptors (Lipinski definition) is 2. The van der Waals surface area contributed by atoms with Crippen LogP contribution in [0.3, 0.4) is 0 Å². The molecule has 0 bridgehead atoms. The lowest BCUT2D eigenvalue weighted by Crippen LogP contribution is -2.19. The van der Waals surface area contributed by atoms with E-state index in [-0.39, 0.29) is 5.69 Å². The zero-order valence-corrected chi connectivity index (χ0v) is 8.67. The van der Waals surface area contributed by atoms with E-state index in [1.807, 2.05) is 0 Å². The van der Waals surface area contributed by atoms with Crippen LogP contribution in [-0.4, -0.2) is 9.13 Å². The first-order valence-electron chi connectivity index (χ1n) is 4.13. The summed E-state index contributed by atoms with van der Waals surface area (Å²) in [5, 5.41) is 0.500. The number of imidazole rings is 1. The Hall–Kier alpha value is -1.42. The molecule has 0 aliphatic rings. The topological polar surface area (TPSA) is 53.0 Å². The number of nitrogens with two attached hydrogens (primary N) is 1. The van der Waals surface area contributed by atoms with Crippen LogP contribution in [-0.2, 0) is 14.1 Å². The molecule has 1 heterocycles. The molecule has 0 unspecified atom stereocenters. The van der Waals surface area contributed by atoms with Gasteiger partial charge in [-0.25, -0.2) is 4.79 Å². The monoisotopic (exact) mass is 211 g/mol. The van der Waals surface area contributed by atoms with Crippen LogP contribution in [0, 0.1) is 0 Å². The van der Waals surface area contributed by atoms with Crippen LogP contribution in [0.5, 0.6) is 0 Å². The van der Waals surface area contributed by atoms with Crippen LogP contribution in [0.15, 0.2) is 16.9 Å². The lowest BCUT2D eigenvalue weighted by Gasteiger charge is -1.99. The van der Waals surface area contributed by atoms with Gasteiger partial charge in [-0.05, 0) is 12.1 Å². The summed E-state index contributed by atoms with van der Waals surface area (Å²) in [5.74, 6) is 0. The van der Waals surface area contributed by atoms with Gasteiger partial charge in [0, 0.05) is 19.8 Å². The van der Waals surface area contributed by atoms with E-state index in [1.165, 1.54) is 9.13 Å². The number of benzene rings is 1. The summed E-state index contributed by atoms with van der Waals surface area (Å²) in [7, 11) is 3.38. The third-order valence-corrected chi connectivity index (χ3v) is 2.62. The van der Waals surface area contributed by atoms with Crippen molar-refractivity contribution in [3.63, 3.8) is 0 Å². The first-order valence-corrected chi connectivity index (χ1v) is 4.50. The number of rotatable bonds is 0. The van der Waals surface area contributed by atoms with Crippen molar-refractivity contribution in [2.45, 2.75) is 0 Å². The zero-order valence-electron chi connectivity index (χ0n) is 7.91. The van der Waals surface area contributed by atoms with Crippen molar-refractivity contribution < 1.29 is 0 Å². The molecule has 2 N–H and O–H groups in total. The van der Waals surface area contributed by atoms with E-state index < -0.39 is 0 Å². The van der Waals surface area contributed by atoms with Crippen LogP contribution >= 0.6 is 11.6 Å². The van der Waals surface area contributed by atoms with Gasteiger partial charge in [0.1, 0.15) is 0 Å². The minimum absolute atomic E-state index is 0.104. The average molecular weight is 212 g/mol. The van der Waals surface area contributed by atoms with Crippen molar-refractivity contribution in [1.29, 1.82) is 0 Å². The van der Waals surface area contributed by atoms with Gasteiger partial charge >= 0.3 is 5.69 Å². The average Bonchev–Trinajstić information content (AvgIpc) is 2.31. The fraction of sp³-hybridized carbons (Fsp3) is 0.222. The van der Waals surface area contributed by atoms with Gasteiger partial charge in [0.15, 0.2) is 0 Å². The Bertz CT molecular complexity index is 567. The van der Waals surface area contributed by atoms with Gasteiger partial charge < -0.3 is 5.73 Å². The van der Waals surface area contributed by atoms with Crippen LogP contribution < -0.4 is 11.4 Å². The normalized spacial score (nSPS) is 11.1. The third-order valence-electron chi connectivity index (χ3n) is 2.34. The lowest BCUT2D eigenvalue weighted by atomic mass is 10.3. The second-order valence-corrected chi connectivity index (χ2v) is 3.68. The second kappa shape index (κ2) is 2.78. The fourth-order valence-electron chi connectivity index (χ4n) is 1.62. The Morgan fingerprint density at radius 3 is 2.57 bits per heavy atom. The number of fused-ring (bicyclic) bond motifs is 1. The summed E-state index contributed by atoms with van der Waals surface area (Å²) >= 11 is 6.00. The predicted molar refractivity (Wildman–Crippen MR) is 57.6 cm³/mol. The number of nitrogens with zero attached hydrogens (tertiary/aromatic N) is 2. The number of hydrogen-bond donors (Lipinski definition) is 1. The Labute approximate surface area is 85.5 Å². The molecule has 0 saturated heterocycles. The van der Waals surface area contributed by atoms with Crippen molar-refractivity contribution in [3.05, 3.63) is 27.6 Å². The molecule has 5 heteroatoms. The van der Waals surface area contributed by atoms with Gasteiger partial charge in [0.05, 0.1) is 16.1 Å². The quantitative estimate of drug-likeness (QED) is 0.664. The van der Waals surface area contributed by atoms with E-state index in [2.05, 4.69) is 0 Å². The lowest BCUT2D eigenvalue weighted by molar-refractivity contribution is 0.795. The van der Waals surface area contributed by atoms with Crippen molar-refractivity contribution in [2.75, 3.05) is 5.73 Å². The Balaban J connectivity index is 3.10. The molecule has 74 valence electrons. The van der Waals surface area contributed by atoms with E-state index in [9.17, 15) is 4.79 Å². The van der Waals surface area contributed by atoms with Crippen LogP contribution in [0.4, 0.5) is 5.69 Å². The number of aryl methyl sites for hydroxylation is 2. The molecule has 0 atom stereocenters. The minimum Gasteiger partial charge on any atom is -0.399 e. The standard InChI is InChI=1S/C9H10ClN3O/c1-12-7-4-5(11)3-6(10)8(7)13(2)9(12)14/h3-4H,11H2,1-2H3. The van der Waals surface area contributed by atoms with Gasteiger partial charge in [-0.1, -0.05) is 11.6 Å². The summed E-state index contributed by atoms with van der Waals surface area (Å²) in [5.41, 5.74) is 7.57. The number of halogens is 1. The first kappa shape index (κ1) is 9.15. The molecule has 4 nitrogen and oxygen atoms in total. The van der Waals surface area contributed by atoms with Crippen LogP contribution in [0.2, 0.25) is 5.02 Å². The molecule has 2 aromatic rings. The summed E-state index contributed by atoms with van der Waals surface area (Å²) in [4.78, 5) is 11.6. The molecule has 0 aliphatic heterocycles. The fourth-order valence-corrected chi connectivity index (χ4v) is 1.97. The SMILES string of the molecule is Cn1c(=O)n(C)c2c(Cl)cc(N)cc21. The maximum Gasteiger partial charge on any atom is 0.328 e. The Morgan fingerprint density at radius 1 is 1.29 bits per heavy atom. The van der Waals surface area contributed by atoms with E-state index >= 15 is 0 Å². The number of aromatic nitrogens is 2. The van der Waals surface area contributed by atoms with Crippen molar-refractivity contribution in [2.24, 2.45) is 14.1 Å². The third kappa shape index (κ3) is 1.04. The molecule has 0 amide bonds. The predicted octanol–water partition coefficient (Wildman–Crippen LogP) is 1.11. The van der Waals surface area contributed by atoms with Gasteiger partial charge in [-0.15, -0.1) is 0 Å². The minimum atomic E-state index is -0.104. The van der Waals surface area contributed by atoms with Crippen molar-refractivity contribution in [1.82, 2.24) is 9.13 Å². The summed E-state index contributed by atoms with van der Waals surface area (Å²) in [6.07, 6.45) is 0. The molecule has 1 aromatic carbocycles. The molecule has 0 aliphatic carbocycles. The number of anilines is 1. The molecule has 0 radical (unpaired) electrons. The smallest absolute Gasteiger partial charge is 0.328 e. The molecule has 0 fully saturated rings. The van der Waals surface area contributed by atoms with Crippen molar-refractivity contribution >= 4 is 28.3 Å². The summed E-state index contributed by atoms with van der Waals surface area (Å²) in [6, 6.07) is 3.38. The highest BCUT2D eigenvalue weighted by Gasteiger charge is 2.11. The molecule has 1 aromatic heterocycles. The molecule has 0 saturated carbocycles. The van der Waals surface area contributed by atoms with E-state index in [1.54, 1.807) is 26.2 Å². The van der Waals surface area contributed by atoms with Gasteiger partial charge in [-0.3, -0.25) is 9.13 Å². The highest BCUT2D eigenvalue weighted by molar-refractivity contribution is 6.35. The Kier molecular flexibility index (Phi) is 1.82. The van der Waals surface area contributed by atoms with E-state index in [0.717, 1.165) is 5.52 Å². The number of nitrogen functional groups attached to an aromatic ring is 1. The molecular weight excluding hydrogens is 202 g/mol. The zero-order chi connectivity index (χ0) is 10.5. The van der Waals surface area contributed by atoms with Gasteiger partial charge in [-0.2, -0.15) is 0 Å². The molecule has 0 spiro atoms. The maximum atomic E-state index is 11.6. The molecule has 14 heavy (non-hydrogen) atoms. The summed E-state index contributed by atoms with van der Waals surface area (Å²) < 4.78 is 3.04. The second-order valence-electron chi connectivity index (χ2n) is 3.27. The maximum absolute atomic E-state index is 11.6. The first-order chi connectivity index (χ1) is 6.52. The van der Waals surface area contributed by atoms with E-state index in [0.29, 0.717) is 16.2 Å². The Morgan fingerprint density at radius 2 is 1.93 bits per heavy atom. The van der Waals surface area contributed by atoms with Crippen LogP contribution in [0.25, 0.3) is 11.0 Å². The largest absolute Gasteiger partial charge is 0.399 e. The molecular formula is C9H10ClN3O. The van der Waals surface area contributed by atoms with Gasteiger partial charge in [0.25, 0.3) is 0 Å². The van der Waals surface area contributed by atoms with Crippen molar-refractivity contribution in [3.8, 4) is 0 Å². The highest BCUT2D eigenvalue weighted by Crippen LogP contribution is 2.24.